The zero-order chi connectivity index (χ0) is 18.5. The summed E-state index contributed by atoms with van der Waals surface area (Å²) in [4.78, 5) is 16.5. The van der Waals surface area contributed by atoms with E-state index in [4.69, 9.17) is 4.42 Å². The van der Waals surface area contributed by atoms with E-state index in [2.05, 4.69) is 11.8 Å². The van der Waals surface area contributed by atoms with E-state index in [1.807, 2.05) is 25.1 Å². The molecule has 1 aliphatic heterocycles. The van der Waals surface area contributed by atoms with Gasteiger partial charge in [0.15, 0.2) is 0 Å². The average molecular weight is 358 g/mol. The highest BCUT2D eigenvalue weighted by molar-refractivity contribution is 5.76. The van der Waals surface area contributed by atoms with Crippen molar-refractivity contribution < 1.29 is 13.6 Å². The molecule has 2 heterocycles. The number of benzene rings is 1. The van der Waals surface area contributed by atoms with Crippen molar-refractivity contribution in [2.24, 2.45) is 0 Å². The van der Waals surface area contributed by atoms with Gasteiger partial charge < -0.3 is 14.2 Å². The Morgan fingerprint density at radius 1 is 1.15 bits per heavy atom. The quantitative estimate of drug-likeness (QED) is 0.784. The largest absolute Gasteiger partial charge is 0.466 e. The molecule has 0 spiro atoms. The Labute approximate surface area is 154 Å². The molecule has 1 saturated heterocycles. The van der Waals surface area contributed by atoms with E-state index >= 15 is 0 Å². The highest BCUT2D eigenvalue weighted by atomic mass is 19.1. The van der Waals surface area contributed by atoms with Gasteiger partial charge in [-0.15, -0.1) is 0 Å². The number of hydrogen-bond acceptors (Lipinski definition) is 3. The number of aryl methyl sites for hydroxylation is 1. The lowest BCUT2D eigenvalue weighted by atomic mass is 10.0. The average Bonchev–Trinajstić information content (AvgIpc) is 2.99. The molecule has 0 saturated carbocycles. The van der Waals surface area contributed by atoms with Crippen molar-refractivity contribution in [1.82, 2.24) is 9.80 Å². The topological polar surface area (TPSA) is 36.7 Å². The lowest BCUT2D eigenvalue weighted by Crippen LogP contribution is -2.33. The molecule has 0 aliphatic carbocycles. The second-order valence-electron chi connectivity index (χ2n) is 7.14. The number of amides is 1. The first-order valence-corrected chi connectivity index (χ1v) is 9.33. The minimum atomic E-state index is -0.246. The third-order valence-electron chi connectivity index (χ3n) is 5.12. The number of halogens is 1. The van der Waals surface area contributed by atoms with Crippen molar-refractivity contribution in [3.8, 4) is 0 Å². The van der Waals surface area contributed by atoms with E-state index in [0.29, 0.717) is 31.0 Å². The van der Waals surface area contributed by atoms with Gasteiger partial charge in [0.05, 0.1) is 0 Å². The molecule has 1 aliphatic rings. The molecule has 3 rings (SSSR count). The monoisotopic (exact) mass is 358 g/mol. The SMILES string of the molecule is Cc1ccc([C@@H](C)CCN2CCC(=O)N(Cc3ccccc3F)CC2)o1. The summed E-state index contributed by atoms with van der Waals surface area (Å²) in [5, 5.41) is 0. The molecule has 1 aromatic carbocycles. The van der Waals surface area contributed by atoms with Crippen molar-refractivity contribution in [2.75, 3.05) is 26.2 Å². The maximum atomic E-state index is 13.9. The second-order valence-corrected chi connectivity index (χ2v) is 7.14. The molecule has 2 aromatic rings. The molecule has 1 fully saturated rings. The van der Waals surface area contributed by atoms with Gasteiger partial charge in [-0.1, -0.05) is 25.1 Å². The number of carbonyl (C=O) groups excluding carboxylic acids is 1. The van der Waals surface area contributed by atoms with Crippen molar-refractivity contribution >= 4 is 5.91 Å². The highest BCUT2D eigenvalue weighted by Crippen LogP contribution is 2.22. The van der Waals surface area contributed by atoms with Gasteiger partial charge in [-0.25, -0.2) is 4.39 Å². The molecule has 140 valence electrons. The molecule has 1 amide bonds. The van der Waals surface area contributed by atoms with E-state index in [0.717, 1.165) is 37.6 Å². The van der Waals surface area contributed by atoms with Crippen molar-refractivity contribution in [3.63, 3.8) is 0 Å². The van der Waals surface area contributed by atoms with Gasteiger partial charge in [0.25, 0.3) is 0 Å². The smallest absolute Gasteiger partial charge is 0.224 e. The predicted molar refractivity (Wildman–Crippen MR) is 99.4 cm³/mol. The third-order valence-corrected chi connectivity index (χ3v) is 5.12. The predicted octanol–water partition coefficient (Wildman–Crippen LogP) is 3.96. The molecule has 26 heavy (non-hydrogen) atoms. The first-order chi connectivity index (χ1) is 12.5. The summed E-state index contributed by atoms with van der Waals surface area (Å²) in [7, 11) is 0. The second kappa shape index (κ2) is 8.49. The van der Waals surface area contributed by atoms with E-state index in [1.165, 1.54) is 6.07 Å². The lowest BCUT2D eigenvalue weighted by molar-refractivity contribution is -0.131. The number of hydrogen-bond donors (Lipinski definition) is 0. The molecule has 1 aromatic heterocycles. The summed E-state index contributed by atoms with van der Waals surface area (Å²) in [6, 6.07) is 10.7. The normalized spacial score (nSPS) is 17.3. The molecule has 0 radical (unpaired) electrons. The van der Waals surface area contributed by atoms with Gasteiger partial charge in [0.2, 0.25) is 5.91 Å². The van der Waals surface area contributed by atoms with Crippen LogP contribution < -0.4 is 0 Å². The fourth-order valence-corrected chi connectivity index (χ4v) is 3.37. The summed E-state index contributed by atoms with van der Waals surface area (Å²) in [6.45, 7) is 7.64. The fourth-order valence-electron chi connectivity index (χ4n) is 3.37. The summed E-state index contributed by atoms with van der Waals surface area (Å²) >= 11 is 0. The molecule has 0 unspecified atom stereocenters. The van der Waals surface area contributed by atoms with Gasteiger partial charge >= 0.3 is 0 Å². The summed E-state index contributed by atoms with van der Waals surface area (Å²) in [5.41, 5.74) is 0.580. The van der Waals surface area contributed by atoms with E-state index in [9.17, 15) is 9.18 Å². The Hall–Kier alpha value is -2.14. The Balaban J connectivity index is 1.52. The summed E-state index contributed by atoms with van der Waals surface area (Å²) < 4.78 is 19.6. The molecular formula is C21H27FN2O2. The van der Waals surface area contributed by atoms with E-state index in [-0.39, 0.29) is 11.7 Å². The molecule has 0 bridgehead atoms. The number of rotatable bonds is 6. The van der Waals surface area contributed by atoms with Crippen LogP contribution >= 0.6 is 0 Å². The summed E-state index contributed by atoms with van der Waals surface area (Å²) in [5.74, 6) is 2.18. The van der Waals surface area contributed by atoms with Crippen LogP contribution in [-0.2, 0) is 11.3 Å². The van der Waals surface area contributed by atoms with Gasteiger partial charge in [0, 0.05) is 44.1 Å². The van der Waals surface area contributed by atoms with Crippen LogP contribution in [0.2, 0.25) is 0 Å². The number of furan rings is 1. The van der Waals surface area contributed by atoms with Crippen LogP contribution in [0.5, 0.6) is 0 Å². The Kier molecular flexibility index (Phi) is 6.09. The highest BCUT2D eigenvalue weighted by Gasteiger charge is 2.22. The van der Waals surface area contributed by atoms with Gasteiger partial charge in [-0.05, 0) is 38.1 Å². The lowest BCUT2D eigenvalue weighted by Gasteiger charge is -2.23. The Morgan fingerprint density at radius 2 is 1.96 bits per heavy atom. The fraction of sp³-hybridized carbons (Fsp3) is 0.476. The Bertz CT molecular complexity index is 743. The first-order valence-electron chi connectivity index (χ1n) is 9.33. The maximum Gasteiger partial charge on any atom is 0.224 e. The van der Waals surface area contributed by atoms with Crippen LogP contribution in [-0.4, -0.2) is 41.9 Å². The van der Waals surface area contributed by atoms with Crippen molar-refractivity contribution in [2.45, 2.75) is 39.2 Å². The van der Waals surface area contributed by atoms with Crippen molar-refractivity contribution in [3.05, 3.63) is 59.3 Å². The van der Waals surface area contributed by atoms with E-state index in [1.54, 1.807) is 17.0 Å². The summed E-state index contributed by atoms with van der Waals surface area (Å²) in [6.07, 6.45) is 1.48. The van der Waals surface area contributed by atoms with Crippen LogP contribution in [0.15, 0.2) is 40.8 Å². The van der Waals surface area contributed by atoms with Crippen LogP contribution in [0.25, 0.3) is 0 Å². The van der Waals surface area contributed by atoms with Gasteiger partial charge in [0.1, 0.15) is 17.3 Å². The molecule has 0 N–H and O–H groups in total. The van der Waals surface area contributed by atoms with E-state index < -0.39 is 0 Å². The van der Waals surface area contributed by atoms with Gasteiger partial charge in [-0.2, -0.15) is 0 Å². The maximum absolute atomic E-state index is 13.9. The third kappa shape index (κ3) is 4.73. The van der Waals surface area contributed by atoms with Crippen LogP contribution in [0, 0.1) is 12.7 Å². The first kappa shape index (κ1) is 18.6. The number of carbonyl (C=O) groups is 1. The van der Waals surface area contributed by atoms with Crippen LogP contribution in [0.1, 0.15) is 42.8 Å². The van der Waals surface area contributed by atoms with Crippen LogP contribution in [0.4, 0.5) is 4.39 Å². The number of nitrogens with zero attached hydrogens (tertiary/aromatic N) is 2. The zero-order valence-corrected chi connectivity index (χ0v) is 15.6. The molecular weight excluding hydrogens is 331 g/mol. The standard InChI is InChI=1S/C21H27FN2O2/c1-16(20-8-7-17(2)26-20)9-11-23-12-10-21(25)24(14-13-23)15-18-5-3-4-6-19(18)22/h3-8,16H,9-15H2,1-2H3/t16-/m0/s1. The Morgan fingerprint density at radius 3 is 2.69 bits per heavy atom. The molecule has 5 heteroatoms. The van der Waals surface area contributed by atoms with Crippen LogP contribution in [0.3, 0.4) is 0 Å². The van der Waals surface area contributed by atoms with Gasteiger partial charge in [-0.3, -0.25) is 4.79 Å². The van der Waals surface area contributed by atoms with Crippen molar-refractivity contribution in [1.29, 1.82) is 0 Å². The molecule has 4 nitrogen and oxygen atoms in total. The molecule has 1 atom stereocenters. The minimum absolute atomic E-state index is 0.102. The minimum Gasteiger partial charge on any atom is -0.466 e. The zero-order valence-electron chi connectivity index (χ0n) is 15.6.